The summed E-state index contributed by atoms with van der Waals surface area (Å²) in [5, 5.41) is 10.6. The van der Waals surface area contributed by atoms with Crippen molar-refractivity contribution in [1.29, 1.82) is 0 Å². The first-order valence-corrected chi connectivity index (χ1v) is 8.30. The van der Waals surface area contributed by atoms with Crippen molar-refractivity contribution in [1.82, 2.24) is 4.90 Å². The fraction of sp³-hybridized carbons (Fsp3) is 0.429. The Labute approximate surface area is 136 Å². The first-order valence-electron chi connectivity index (χ1n) is 7.07. The number of hydrogen-bond acceptors (Lipinski definition) is 6. The Kier molecular flexibility index (Phi) is 4.30. The van der Waals surface area contributed by atoms with Gasteiger partial charge < -0.3 is 4.42 Å². The van der Waals surface area contributed by atoms with Crippen LogP contribution < -0.4 is 0 Å². The molecule has 1 aliphatic carbocycles. The van der Waals surface area contributed by atoms with Crippen molar-refractivity contribution in [3.63, 3.8) is 0 Å². The van der Waals surface area contributed by atoms with Crippen LogP contribution in [0.3, 0.4) is 0 Å². The molecule has 6 nitrogen and oxygen atoms in total. The lowest BCUT2D eigenvalue weighted by atomic mass is 9.94. The smallest absolute Gasteiger partial charge is 0.401 e. The zero-order valence-electron chi connectivity index (χ0n) is 11.7. The minimum atomic E-state index is -0.607. The van der Waals surface area contributed by atoms with Crippen LogP contribution in [0.5, 0.6) is 0 Å². The van der Waals surface area contributed by atoms with Gasteiger partial charge in [-0.2, -0.15) is 0 Å². The Hall–Kier alpha value is -1.67. The van der Waals surface area contributed by atoms with E-state index in [1.54, 1.807) is 4.90 Å². The quantitative estimate of drug-likeness (QED) is 0.362. The standard InChI is InChI=1S/C14H14N2O4S2/c17-13-11(8-10-6-7-12(20-10)16(18)19)22-14(21)15(13)9-4-2-1-3-5-9/h6-9H,1-5H2/b11-8+. The minimum absolute atomic E-state index is 0.124. The Morgan fingerprint density at radius 2 is 2.09 bits per heavy atom. The van der Waals surface area contributed by atoms with Gasteiger partial charge in [0.1, 0.15) is 15.0 Å². The number of carbonyl (C=O) groups excluding carboxylic acids is 1. The lowest BCUT2D eigenvalue weighted by Crippen LogP contribution is -2.39. The normalized spacial score (nSPS) is 21.8. The molecule has 2 fully saturated rings. The molecule has 1 saturated heterocycles. The fourth-order valence-corrected chi connectivity index (χ4v) is 4.16. The van der Waals surface area contributed by atoms with Gasteiger partial charge in [0.25, 0.3) is 5.91 Å². The molecule has 2 aliphatic rings. The first kappa shape index (κ1) is 15.2. The van der Waals surface area contributed by atoms with E-state index in [1.807, 2.05) is 0 Å². The largest absolute Gasteiger partial charge is 0.433 e. The third-order valence-corrected chi connectivity index (χ3v) is 5.16. The lowest BCUT2D eigenvalue weighted by molar-refractivity contribution is -0.402. The number of carbonyl (C=O) groups is 1. The van der Waals surface area contributed by atoms with E-state index in [-0.39, 0.29) is 23.6 Å². The predicted molar refractivity (Wildman–Crippen MR) is 87.2 cm³/mol. The van der Waals surface area contributed by atoms with Crippen LogP contribution in [0.4, 0.5) is 5.88 Å². The van der Waals surface area contributed by atoms with Crippen LogP contribution in [-0.2, 0) is 4.79 Å². The summed E-state index contributed by atoms with van der Waals surface area (Å²) in [5.41, 5.74) is 0. The van der Waals surface area contributed by atoms with E-state index in [0.717, 1.165) is 25.7 Å². The van der Waals surface area contributed by atoms with Gasteiger partial charge in [-0.05, 0) is 18.9 Å². The molecule has 0 spiro atoms. The average molecular weight is 338 g/mol. The van der Waals surface area contributed by atoms with Crippen molar-refractivity contribution in [2.75, 3.05) is 0 Å². The number of nitrogens with zero attached hydrogens (tertiary/aromatic N) is 2. The van der Waals surface area contributed by atoms with Crippen molar-refractivity contribution >= 4 is 46.2 Å². The topological polar surface area (TPSA) is 76.6 Å². The van der Waals surface area contributed by atoms with Gasteiger partial charge in [0.2, 0.25) is 0 Å². The molecule has 116 valence electrons. The molecular weight excluding hydrogens is 324 g/mol. The van der Waals surface area contributed by atoms with Crippen molar-refractivity contribution in [2.45, 2.75) is 38.1 Å². The zero-order chi connectivity index (χ0) is 15.7. The number of furan rings is 1. The summed E-state index contributed by atoms with van der Waals surface area (Å²) in [7, 11) is 0. The van der Waals surface area contributed by atoms with Crippen LogP contribution >= 0.6 is 24.0 Å². The third-order valence-electron chi connectivity index (χ3n) is 3.83. The van der Waals surface area contributed by atoms with Gasteiger partial charge in [-0.25, -0.2) is 0 Å². The molecule has 1 aliphatic heterocycles. The molecule has 1 aromatic heterocycles. The molecule has 0 aromatic carbocycles. The fourth-order valence-electron chi connectivity index (χ4n) is 2.78. The van der Waals surface area contributed by atoms with Crippen LogP contribution in [0, 0.1) is 10.1 Å². The predicted octanol–water partition coefficient (Wildman–Crippen LogP) is 3.72. The molecule has 0 bridgehead atoms. The van der Waals surface area contributed by atoms with Gasteiger partial charge in [-0.3, -0.25) is 19.8 Å². The van der Waals surface area contributed by atoms with E-state index in [0.29, 0.717) is 9.23 Å². The highest BCUT2D eigenvalue weighted by molar-refractivity contribution is 8.26. The lowest BCUT2D eigenvalue weighted by Gasteiger charge is -2.29. The Balaban J connectivity index is 1.80. The van der Waals surface area contributed by atoms with E-state index in [2.05, 4.69) is 0 Å². The molecule has 0 unspecified atom stereocenters. The molecule has 1 amide bonds. The van der Waals surface area contributed by atoms with E-state index < -0.39 is 4.92 Å². The third kappa shape index (κ3) is 2.93. The summed E-state index contributed by atoms with van der Waals surface area (Å²) in [6, 6.07) is 2.93. The summed E-state index contributed by atoms with van der Waals surface area (Å²) in [5.74, 6) is -0.175. The summed E-state index contributed by atoms with van der Waals surface area (Å²) >= 11 is 6.55. The van der Waals surface area contributed by atoms with Crippen LogP contribution in [0.1, 0.15) is 37.9 Å². The highest BCUT2D eigenvalue weighted by atomic mass is 32.2. The van der Waals surface area contributed by atoms with Crippen molar-refractivity contribution in [3.05, 3.63) is 32.9 Å². The number of thioether (sulfide) groups is 1. The van der Waals surface area contributed by atoms with E-state index in [1.165, 1.54) is 36.4 Å². The molecule has 0 atom stereocenters. The highest BCUT2D eigenvalue weighted by Gasteiger charge is 2.37. The second kappa shape index (κ2) is 6.21. The van der Waals surface area contributed by atoms with Crippen LogP contribution in [0.25, 0.3) is 6.08 Å². The minimum Gasteiger partial charge on any atom is -0.401 e. The molecule has 0 N–H and O–H groups in total. The van der Waals surface area contributed by atoms with E-state index >= 15 is 0 Å². The maximum atomic E-state index is 12.5. The van der Waals surface area contributed by atoms with Gasteiger partial charge in [0.15, 0.2) is 0 Å². The van der Waals surface area contributed by atoms with Gasteiger partial charge >= 0.3 is 5.88 Å². The molecule has 1 aromatic rings. The van der Waals surface area contributed by atoms with E-state index in [4.69, 9.17) is 16.6 Å². The number of thiocarbonyl (C=S) groups is 1. The van der Waals surface area contributed by atoms with Crippen LogP contribution in [0.15, 0.2) is 21.5 Å². The monoisotopic (exact) mass is 338 g/mol. The zero-order valence-corrected chi connectivity index (χ0v) is 13.3. The van der Waals surface area contributed by atoms with Crippen molar-refractivity contribution in [2.24, 2.45) is 0 Å². The van der Waals surface area contributed by atoms with Crippen LogP contribution in [-0.4, -0.2) is 26.1 Å². The van der Waals surface area contributed by atoms with Crippen molar-refractivity contribution < 1.29 is 14.1 Å². The first-order chi connectivity index (χ1) is 10.6. The highest BCUT2D eigenvalue weighted by Crippen LogP contribution is 2.37. The Morgan fingerprint density at radius 3 is 2.73 bits per heavy atom. The Morgan fingerprint density at radius 1 is 1.36 bits per heavy atom. The molecule has 8 heteroatoms. The maximum absolute atomic E-state index is 12.5. The van der Waals surface area contributed by atoms with E-state index in [9.17, 15) is 14.9 Å². The van der Waals surface area contributed by atoms with Gasteiger partial charge in [-0.1, -0.05) is 43.2 Å². The van der Waals surface area contributed by atoms with Crippen LogP contribution in [0.2, 0.25) is 0 Å². The average Bonchev–Trinajstić information content (AvgIpc) is 3.06. The molecule has 1 saturated carbocycles. The maximum Gasteiger partial charge on any atom is 0.433 e. The second-order valence-corrected chi connectivity index (χ2v) is 6.95. The summed E-state index contributed by atoms with van der Waals surface area (Å²) in [6.45, 7) is 0. The number of amides is 1. The van der Waals surface area contributed by atoms with Crippen molar-refractivity contribution in [3.8, 4) is 0 Å². The summed E-state index contributed by atoms with van der Waals surface area (Å²) in [6.07, 6.45) is 6.92. The number of rotatable bonds is 3. The number of hydrogen-bond donors (Lipinski definition) is 0. The Bertz CT molecular complexity index is 662. The molecule has 22 heavy (non-hydrogen) atoms. The van der Waals surface area contributed by atoms with Gasteiger partial charge in [0.05, 0.1) is 11.0 Å². The molecule has 0 radical (unpaired) electrons. The molecular formula is C14H14N2O4S2. The number of nitro groups is 1. The summed E-state index contributed by atoms with van der Waals surface area (Å²) < 4.78 is 5.63. The SMILES string of the molecule is O=C1/C(=C\c2ccc([N+](=O)[O-])o2)SC(=S)N1C1CCCCC1. The molecule has 3 rings (SSSR count). The summed E-state index contributed by atoms with van der Waals surface area (Å²) in [4.78, 5) is 24.7. The van der Waals surface area contributed by atoms with Gasteiger partial charge in [-0.15, -0.1) is 0 Å². The molecule has 2 heterocycles. The van der Waals surface area contributed by atoms with Gasteiger partial charge in [0, 0.05) is 12.1 Å². The second-order valence-electron chi connectivity index (χ2n) is 5.28.